The van der Waals surface area contributed by atoms with E-state index < -0.39 is 0 Å². The minimum absolute atomic E-state index is 0.113. The molecule has 0 unspecified atom stereocenters. The van der Waals surface area contributed by atoms with Crippen LogP contribution in [0.5, 0.6) is 5.75 Å². The number of ether oxygens (including phenoxy) is 2. The molecule has 156 valence electrons. The van der Waals surface area contributed by atoms with Crippen molar-refractivity contribution in [3.63, 3.8) is 0 Å². The lowest BCUT2D eigenvalue weighted by Gasteiger charge is -2.13. The van der Waals surface area contributed by atoms with Crippen LogP contribution in [0.1, 0.15) is 24.5 Å². The van der Waals surface area contributed by atoms with E-state index in [9.17, 15) is 9.59 Å². The first-order chi connectivity index (χ1) is 14.5. The number of thioether (sulfide) groups is 1. The van der Waals surface area contributed by atoms with Gasteiger partial charge in [-0.25, -0.2) is 0 Å². The molecule has 1 amide bonds. The summed E-state index contributed by atoms with van der Waals surface area (Å²) < 4.78 is 11.2. The summed E-state index contributed by atoms with van der Waals surface area (Å²) in [5.41, 5.74) is 1.83. The summed E-state index contributed by atoms with van der Waals surface area (Å²) in [6.45, 7) is 2.68. The summed E-state index contributed by atoms with van der Waals surface area (Å²) in [5.74, 6) is 0.138. The van der Waals surface area contributed by atoms with Crippen molar-refractivity contribution in [1.82, 2.24) is 4.90 Å². The van der Waals surface area contributed by atoms with E-state index >= 15 is 0 Å². The van der Waals surface area contributed by atoms with Crippen molar-refractivity contribution in [1.29, 1.82) is 0 Å². The molecule has 0 spiro atoms. The summed E-state index contributed by atoms with van der Waals surface area (Å²) >= 11 is 12.4. The molecule has 2 aromatic carbocycles. The first-order valence-corrected chi connectivity index (χ1v) is 10.9. The first kappa shape index (κ1) is 22.3. The van der Waals surface area contributed by atoms with Crippen molar-refractivity contribution >= 4 is 57.9 Å². The lowest BCUT2D eigenvalue weighted by atomic mass is 10.2. The maximum atomic E-state index is 12.7. The van der Waals surface area contributed by atoms with Crippen LogP contribution in [0.4, 0.5) is 0 Å². The quantitative estimate of drug-likeness (QED) is 0.310. The van der Waals surface area contributed by atoms with Crippen LogP contribution in [0.15, 0.2) is 53.4 Å². The van der Waals surface area contributed by atoms with E-state index in [1.54, 1.807) is 13.0 Å². The number of halogens is 1. The van der Waals surface area contributed by atoms with Gasteiger partial charge in [0.1, 0.15) is 16.7 Å². The molecule has 0 bridgehead atoms. The van der Waals surface area contributed by atoms with Crippen molar-refractivity contribution in [2.45, 2.75) is 20.0 Å². The fraction of sp³-hybridized carbons (Fsp3) is 0.227. The van der Waals surface area contributed by atoms with Crippen LogP contribution in [-0.2, 0) is 20.9 Å². The highest BCUT2D eigenvalue weighted by Gasteiger charge is 2.32. The Morgan fingerprint density at radius 2 is 2.00 bits per heavy atom. The van der Waals surface area contributed by atoms with Gasteiger partial charge in [-0.3, -0.25) is 14.5 Å². The van der Waals surface area contributed by atoms with Crippen LogP contribution in [0, 0.1) is 0 Å². The van der Waals surface area contributed by atoms with Gasteiger partial charge in [0.05, 0.1) is 17.9 Å². The predicted octanol–water partition coefficient (Wildman–Crippen LogP) is 5.07. The molecule has 3 rings (SSSR count). The predicted molar refractivity (Wildman–Crippen MR) is 123 cm³/mol. The van der Waals surface area contributed by atoms with E-state index in [0.29, 0.717) is 33.2 Å². The Morgan fingerprint density at radius 1 is 1.23 bits per heavy atom. The molecular formula is C22H20ClNO4S2. The number of carbonyl (C=O) groups excluding carboxylic acids is 2. The van der Waals surface area contributed by atoms with E-state index in [4.69, 9.17) is 33.3 Å². The average Bonchev–Trinajstić information content (AvgIpc) is 2.99. The molecule has 1 heterocycles. The zero-order chi connectivity index (χ0) is 21.5. The second kappa shape index (κ2) is 10.6. The van der Waals surface area contributed by atoms with Crippen LogP contribution in [0.2, 0.25) is 5.02 Å². The first-order valence-electron chi connectivity index (χ1n) is 9.34. The minimum atomic E-state index is -0.346. The van der Waals surface area contributed by atoms with Crippen molar-refractivity contribution in [2.75, 3.05) is 13.2 Å². The van der Waals surface area contributed by atoms with Crippen LogP contribution in [0.3, 0.4) is 0 Å². The molecule has 1 fully saturated rings. The summed E-state index contributed by atoms with van der Waals surface area (Å²) in [4.78, 5) is 26.2. The van der Waals surface area contributed by atoms with Crippen LogP contribution in [0.25, 0.3) is 6.08 Å². The molecule has 0 saturated carbocycles. The topological polar surface area (TPSA) is 55.8 Å². The minimum Gasteiger partial charge on any atom is -0.489 e. The van der Waals surface area contributed by atoms with Gasteiger partial charge in [0.2, 0.25) is 0 Å². The van der Waals surface area contributed by atoms with E-state index in [-0.39, 0.29) is 24.8 Å². The zero-order valence-corrected chi connectivity index (χ0v) is 18.7. The van der Waals surface area contributed by atoms with Crippen molar-refractivity contribution in [3.05, 3.63) is 69.6 Å². The van der Waals surface area contributed by atoms with Crippen LogP contribution < -0.4 is 4.74 Å². The molecule has 0 aliphatic carbocycles. The standard InChI is InChI=1S/C22H20ClNO4S2/c1-2-27-20(25)10-11-24-21(26)19(30-22(24)29)13-16-4-3-5-18(12-16)28-14-15-6-8-17(23)9-7-15/h3-9,12-13H,2,10-11,14H2,1H3/b19-13+. The van der Waals surface area contributed by atoms with Gasteiger partial charge < -0.3 is 9.47 Å². The third kappa shape index (κ3) is 6.08. The number of hydrogen-bond donors (Lipinski definition) is 0. The molecule has 30 heavy (non-hydrogen) atoms. The number of thiocarbonyl (C=S) groups is 1. The van der Waals surface area contributed by atoms with Gasteiger partial charge in [-0.05, 0) is 48.4 Å². The maximum absolute atomic E-state index is 12.7. The number of carbonyl (C=O) groups is 2. The van der Waals surface area contributed by atoms with E-state index in [1.807, 2.05) is 48.5 Å². The highest BCUT2D eigenvalue weighted by molar-refractivity contribution is 8.26. The Kier molecular flexibility index (Phi) is 7.90. The lowest BCUT2D eigenvalue weighted by molar-refractivity contribution is -0.143. The largest absolute Gasteiger partial charge is 0.489 e. The molecule has 0 N–H and O–H groups in total. The van der Waals surface area contributed by atoms with Crippen LogP contribution in [-0.4, -0.2) is 34.2 Å². The smallest absolute Gasteiger partial charge is 0.307 e. The van der Waals surface area contributed by atoms with Crippen molar-refractivity contribution < 1.29 is 19.1 Å². The molecule has 2 aromatic rings. The lowest BCUT2D eigenvalue weighted by Crippen LogP contribution is -2.30. The SMILES string of the molecule is CCOC(=O)CCN1C(=O)/C(=C\c2cccc(OCc3ccc(Cl)cc3)c2)SC1=S. The third-order valence-electron chi connectivity index (χ3n) is 4.19. The highest BCUT2D eigenvalue weighted by Crippen LogP contribution is 2.33. The number of benzene rings is 2. The number of nitrogens with zero attached hydrogens (tertiary/aromatic N) is 1. The maximum Gasteiger partial charge on any atom is 0.307 e. The van der Waals surface area contributed by atoms with Gasteiger partial charge in [0.25, 0.3) is 5.91 Å². The second-order valence-corrected chi connectivity index (χ2v) is 8.49. The van der Waals surface area contributed by atoms with Gasteiger partial charge in [0, 0.05) is 11.6 Å². The second-order valence-electron chi connectivity index (χ2n) is 6.38. The monoisotopic (exact) mass is 461 g/mol. The van der Waals surface area contributed by atoms with E-state index in [1.165, 1.54) is 16.7 Å². The van der Waals surface area contributed by atoms with Gasteiger partial charge in [-0.1, -0.05) is 59.8 Å². The average molecular weight is 462 g/mol. The zero-order valence-electron chi connectivity index (χ0n) is 16.3. The van der Waals surface area contributed by atoms with Gasteiger partial charge in [0.15, 0.2) is 0 Å². The molecular weight excluding hydrogens is 442 g/mol. The Labute approximate surface area is 190 Å². The third-order valence-corrected chi connectivity index (χ3v) is 5.82. The van der Waals surface area contributed by atoms with E-state index in [0.717, 1.165) is 11.1 Å². The molecule has 5 nitrogen and oxygen atoms in total. The van der Waals surface area contributed by atoms with Crippen molar-refractivity contribution in [2.24, 2.45) is 0 Å². The Hall–Kier alpha value is -2.35. The summed E-state index contributed by atoms with van der Waals surface area (Å²) in [6, 6.07) is 14.9. The highest BCUT2D eigenvalue weighted by atomic mass is 35.5. The Balaban J connectivity index is 1.64. The summed E-state index contributed by atoms with van der Waals surface area (Å²) in [5, 5.41) is 0.681. The fourth-order valence-electron chi connectivity index (χ4n) is 2.72. The molecule has 0 atom stereocenters. The molecule has 1 aliphatic rings. The fourth-order valence-corrected chi connectivity index (χ4v) is 4.16. The van der Waals surface area contributed by atoms with E-state index in [2.05, 4.69) is 0 Å². The number of hydrogen-bond acceptors (Lipinski definition) is 6. The summed E-state index contributed by atoms with van der Waals surface area (Å²) in [7, 11) is 0. The Morgan fingerprint density at radius 3 is 2.73 bits per heavy atom. The normalized spacial score (nSPS) is 15.0. The van der Waals surface area contributed by atoms with Gasteiger partial charge >= 0.3 is 5.97 Å². The molecule has 1 saturated heterocycles. The summed E-state index contributed by atoms with van der Waals surface area (Å²) in [6.07, 6.45) is 1.89. The van der Waals surface area contributed by atoms with Crippen molar-refractivity contribution in [3.8, 4) is 5.75 Å². The van der Waals surface area contributed by atoms with Crippen LogP contribution >= 0.6 is 35.6 Å². The Bertz CT molecular complexity index is 975. The van der Waals surface area contributed by atoms with Gasteiger partial charge in [-0.15, -0.1) is 0 Å². The number of rotatable bonds is 8. The number of amides is 1. The molecule has 0 radical (unpaired) electrons. The molecule has 1 aliphatic heterocycles. The molecule has 8 heteroatoms. The van der Waals surface area contributed by atoms with Gasteiger partial charge in [-0.2, -0.15) is 0 Å². The number of esters is 1. The molecule has 0 aromatic heterocycles.